The van der Waals surface area contributed by atoms with Crippen LogP contribution in [-0.2, 0) is 9.53 Å². The highest BCUT2D eigenvalue weighted by atomic mass is 16.5. The summed E-state index contributed by atoms with van der Waals surface area (Å²) < 4.78 is 5.39. The number of nitrogens with zero attached hydrogens (tertiary/aromatic N) is 1. The molecule has 1 aliphatic heterocycles. The number of nitrogens with one attached hydrogen (secondary N) is 3. The Bertz CT molecular complexity index is 804. The third-order valence-electron chi connectivity index (χ3n) is 4.61. The molecule has 0 saturated heterocycles. The molecular weight excluding hydrogens is 372 g/mol. The fourth-order valence-electron chi connectivity index (χ4n) is 2.98. The number of amides is 4. The van der Waals surface area contributed by atoms with Crippen molar-refractivity contribution < 1.29 is 19.1 Å². The number of esters is 1. The van der Waals surface area contributed by atoms with Crippen LogP contribution in [0.5, 0.6) is 0 Å². The Morgan fingerprint density at radius 2 is 2.03 bits per heavy atom. The van der Waals surface area contributed by atoms with E-state index in [0.29, 0.717) is 29.1 Å². The van der Waals surface area contributed by atoms with E-state index in [9.17, 15) is 14.4 Å². The van der Waals surface area contributed by atoms with Gasteiger partial charge in [-0.2, -0.15) is 0 Å². The molecule has 0 unspecified atom stereocenters. The lowest BCUT2D eigenvalue weighted by Crippen LogP contribution is -2.46. The first-order valence-electron chi connectivity index (χ1n) is 9.85. The second-order valence-electron chi connectivity index (χ2n) is 7.25. The Morgan fingerprint density at radius 1 is 1.31 bits per heavy atom. The van der Waals surface area contributed by atoms with Crippen molar-refractivity contribution >= 4 is 23.7 Å². The highest BCUT2D eigenvalue weighted by Gasteiger charge is 2.35. The van der Waals surface area contributed by atoms with Gasteiger partial charge in [0, 0.05) is 25.0 Å². The van der Waals surface area contributed by atoms with Gasteiger partial charge < -0.3 is 25.6 Å². The Hall–Kier alpha value is -3.03. The van der Waals surface area contributed by atoms with Gasteiger partial charge in [-0.05, 0) is 44.9 Å². The number of ether oxygens (including phenoxy) is 1. The predicted octanol–water partition coefficient (Wildman–Crippen LogP) is 3.53. The van der Waals surface area contributed by atoms with Crippen LogP contribution in [-0.4, -0.2) is 42.6 Å². The molecule has 1 atom stereocenters. The van der Waals surface area contributed by atoms with Crippen LogP contribution >= 0.6 is 0 Å². The third kappa shape index (κ3) is 5.73. The molecule has 29 heavy (non-hydrogen) atoms. The molecule has 0 saturated carbocycles. The topological polar surface area (TPSA) is 99.8 Å². The van der Waals surface area contributed by atoms with Gasteiger partial charge in [0.2, 0.25) is 0 Å². The molecule has 1 aromatic rings. The molecule has 0 aromatic heterocycles. The van der Waals surface area contributed by atoms with Gasteiger partial charge in [0.1, 0.15) is 0 Å². The maximum atomic E-state index is 12.7. The normalized spacial score (nSPS) is 16.6. The summed E-state index contributed by atoms with van der Waals surface area (Å²) in [7, 11) is 1.60. The number of allylic oxidation sites excluding steroid dienone is 1. The number of carbonyl (C=O) groups excluding carboxylic acids is 3. The lowest BCUT2D eigenvalue weighted by atomic mass is 9.94. The molecule has 8 heteroatoms. The number of hydrogen-bond acceptors (Lipinski definition) is 4. The van der Waals surface area contributed by atoms with Crippen molar-refractivity contribution in [2.75, 3.05) is 18.9 Å². The molecule has 0 spiro atoms. The first kappa shape index (κ1) is 22.3. The molecule has 0 bridgehead atoms. The second-order valence-corrected chi connectivity index (χ2v) is 7.25. The van der Waals surface area contributed by atoms with Crippen LogP contribution in [0.2, 0.25) is 0 Å². The predicted molar refractivity (Wildman–Crippen MR) is 111 cm³/mol. The van der Waals surface area contributed by atoms with E-state index >= 15 is 0 Å². The summed E-state index contributed by atoms with van der Waals surface area (Å²) in [5.74, 6) is -0.481. The van der Waals surface area contributed by atoms with Crippen molar-refractivity contribution in [3.8, 4) is 0 Å². The minimum Gasteiger partial charge on any atom is -0.459 e. The summed E-state index contributed by atoms with van der Waals surface area (Å²) >= 11 is 0. The largest absolute Gasteiger partial charge is 0.459 e. The fraction of sp³-hybridized carbons (Fsp3) is 0.476. The lowest BCUT2D eigenvalue weighted by Gasteiger charge is -2.33. The van der Waals surface area contributed by atoms with Gasteiger partial charge in [-0.1, -0.05) is 25.5 Å². The van der Waals surface area contributed by atoms with Gasteiger partial charge in [-0.25, -0.2) is 14.4 Å². The van der Waals surface area contributed by atoms with Crippen LogP contribution in [0.3, 0.4) is 0 Å². The van der Waals surface area contributed by atoms with Crippen molar-refractivity contribution in [3.05, 3.63) is 41.1 Å². The highest BCUT2D eigenvalue weighted by molar-refractivity contribution is 5.95. The average molecular weight is 402 g/mol. The Balaban J connectivity index is 2.29. The van der Waals surface area contributed by atoms with Gasteiger partial charge in [0.05, 0.1) is 17.7 Å². The summed E-state index contributed by atoms with van der Waals surface area (Å²) in [5, 5.41) is 8.41. The van der Waals surface area contributed by atoms with E-state index < -0.39 is 12.0 Å². The zero-order valence-electron chi connectivity index (χ0n) is 17.7. The third-order valence-corrected chi connectivity index (χ3v) is 4.61. The number of carbonyl (C=O) groups is 3. The molecule has 1 aliphatic rings. The van der Waals surface area contributed by atoms with Crippen LogP contribution in [0.25, 0.3) is 0 Å². The molecule has 158 valence electrons. The highest BCUT2D eigenvalue weighted by Crippen LogP contribution is 2.32. The van der Waals surface area contributed by atoms with E-state index in [0.717, 1.165) is 12.8 Å². The number of rotatable bonds is 7. The van der Waals surface area contributed by atoms with Gasteiger partial charge in [0.15, 0.2) is 0 Å². The van der Waals surface area contributed by atoms with E-state index in [4.69, 9.17) is 4.74 Å². The summed E-state index contributed by atoms with van der Waals surface area (Å²) in [6.07, 6.45) is 1.61. The molecule has 1 heterocycles. The van der Waals surface area contributed by atoms with Crippen molar-refractivity contribution in [1.82, 2.24) is 15.5 Å². The zero-order valence-corrected chi connectivity index (χ0v) is 17.7. The zero-order chi connectivity index (χ0) is 21.6. The number of anilines is 1. The number of urea groups is 2. The first-order valence-corrected chi connectivity index (χ1v) is 9.85. The molecule has 4 amide bonds. The molecule has 0 aliphatic carbocycles. The van der Waals surface area contributed by atoms with Crippen molar-refractivity contribution in [3.63, 3.8) is 0 Å². The maximum Gasteiger partial charge on any atom is 0.338 e. The molecule has 0 fully saturated rings. The molecule has 2 rings (SSSR count). The quantitative estimate of drug-likeness (QED) is 0.480. The number of hydrogen-bond donors (Lipinski definition) is 3. The fourth-order valence-corrected chi connectivity index (χ4v) is 2.98. The standard InChI is InChI=1S/C21H30N4O4/c1-6-7-11-22-20(27)23-16-10-8-9-15(12-16)18-17(19(26)29-13(2)3)14(4)25(5)21(28)24-18/h8-10,12-13,18H,6-7,11H2,1-5H3,(H,24,28)(H2,22,23,27)/t18-/m1/s1. The Labute approximate surface area is 171 Å². The van der Waals surface area contributed by atoms with Gasteiger partial charge >= 0.3 is 18.0 Å². The summed E-state index contributed by atoms with van der Waals surface area (Å²) in [5.41, 5.74) is 2.14. The van der Waals surface area contributed by atoms with Gasteiger partial charge in [-0.15, -0.1) is 0 Å². The van der Waals surface area contributed by atoms with E-state index in [2.05, 4.69) is 22.9 Å². The van der Waals surface area contributed by atoms with Crippen molar-refractivity contribution in [2.24, 2.45) is 0 Å². The monoisotopic (exact) mass is 402 g/mol. The van der Waals surface area contributed by atoms with E-state index in [1.54, 1.807) is 52.1 Å². The average Bonchev–Trinajstić information content (AvgIpc) is 2.65. The van der Waals surface area contributed by atoms with Crippen molar-refractivity contribution in [1.29, 1.82) is 0 Å². The SMILES string of the molecule is CCCCNC(=O)Nc1cccc([C@H]2NC(=O)N(C)C(C)=C2C(=O)OC(C)C)c1. The van der Waals surface area contributed by atoms with E-state index in [1.165, 1.54) is 4.90 Å². The van der Waals surface area contributed by atoms with E-state index in [1.807, 2.05) is 0 Å². The van der Waals surface area contributed by atoms with Crippen LogP contribution in [0.1, 0.15) is 52.1 Å². The maximum absolute atomic E-state index is 12.7. The van der Waals surface area contributed by atoms with Gasteiger partial charge in [-0.3, -0.25) is 0 Å². The minimum atomic E-state index is -0.671. The molecule has 0 radical (unpaired) electrons. The Kier molecular flexibility index (Phi) is 7.64. The van der Waals surface area contributed by atoms with Crippen LogP contribution in [0.15, 0.2) is 35.5 Å². The molecule has 3 N–H and O–H groups in total. The summed E-state index contributed by atoms with van der Waals surface area (Å²) in [6.45, 7) is 7.91. The smallest absolute Gasteiger partial charge is 0.338 e. The van der Waals surface area contributed by atoms with E-state index in [-0.39, 0.29) is 18.2 Å². The number of unbranched alkanes of at least 4 members (excludes halogenated alkanes) is 1. The summed E-state index contributed by atoms with van der Waals surface area (Å²) in [6, 6.07) is 5.77. The summed E-state index contributed by atoms with van der Waals surface area (Å²) in [4.78, 5) is 38.5. The minimum absolute atomic E-state index is 0.286. The lowest BCUT2D eigenvalue weighted by molar-refractivity contribution is -0.143. The second kappa shape index (κ2) is 9.95. The van der Waals surface area contributed by atoms with Crippen LogP contribution in [0, 0.1) is 0 Å². The van der Waals surface area contributed by atoms with Crippen molar-refractivity contribution in [2.45, 2.75) is 52.7 Å². The molecule has 1 aromatic carbocycles. The van der Waals surface area contributed by atoms with Crippen LogP contribution < -0.4 is 16.0 Å². The Morgan fingerprint density at radius 3 is 2.69 bits per heavy atom. The molecule has 8 nitrogen and oxygen atoms in total. The first-order chi connectivity index (χ1) is 13.7. The number of benzene rings is 1. The van der Waals surface area contributed by atoms with Gasteiger partial charge in [0.25, 0.3) is 0 Å². The van der Waals surface area contributed by atoms with Crippen LogP contribution in [0.4, 0.5) is 15.3 Å². The molecular formula is C21H30N4O4.